The zero-order valence-corrected chi connectivity index (χ0v) is 23.5. The van der Waals surface area contributed by atoms with Crippen LogP contribution in [0.5, 0.6) is 5.75 Å². The molecule has 0 saturated carbocycles. The molecule has 1 atom stereocenters. The zero-order valence-electron chi connectivity index (χ0n) is 21.9. The fourth-order valence-corrected chi connectivity index (χ4v) is 5.23. The van der Waals surface area contributed by atoms with E-state index in [0.29, 0.717) is 29.7 Å². The molecule has 0 radical (unpaired) electrons. The molecule has 0 aliphatic carbocycles. The molecule has 0 bridgehead atoms. The molecule has 5 rings (SSSR count). The van der Waals surface area contributed by atoms with Gasteiger partial charge in [-0.2, -0.15) is 0 Å². The van der Waals surface area contributed by atoms with Gasteiger partial charge in [-0.1, -0.05) is 29.5 Å². The number of anilines is 2. The van der Waals surface area contributed by atoms with Crippen molar-refractivity contribution in [3.63, 3.8) is 0 Å². The number of hydrogen-bond donors (Lipinski definition) is 1. The van der Waals surface area contributed by atoms with Crippen molar-refractivity contribution >= 4 is 50.8 Å². The maximum Gasteiger partial charge on any atom is 0.411 e. The summed E-state index contributed by atoms with van der Waals surface area (Å²) in [5.74, 6) is 7.73. The Morgan fingerprint density at radius 3 is 2.85 bits per heavy atom. The molecule has 1 N–H and O–H groups in total. The monoisotopic (exact) mass is 561 g/mol. The summed E-state index contributed by atoms with van der Waals surface area (Å²) in [5, 5.41) is 3.81. The Hall–Kier alpha value is -3.87. The van der Waals surface area contributed by atoms with E-state index in [2.05, 4.69) is 32.1 Å². The largest absolute Gasteiger partial charge is 0.486 e. The normalized spacial score (nSPS) is 15.1. The quantitative estimate of drug-likeness (QED) is 0.268. The first-order valence-electron chi connectivity index (χ1n) is 12.6. The van der Waals surface area contributed by atoms with Crippen LogP contribution in [0.25, 0.3) is 10.2 Å². The second kappa shape index (κ2) is 11.5. The van der Waals surface area contributed by atoms with E-state index < -0.39 is 5.60 Å². The van der Waals surface area contributed by atoms with Gasteiger partial charge >= 0.3 is 6.09 Å². The van der Waals surface area contributed by atoms with Crippen molar-refractivity contribution in [1.82, 2.24) is 19.9 Å². The summed E-state index contributed by atoms with van der Waals surface area (Å²) in [6, 6.07) is 12.9. The molecule has 4 aromatic rings. The van der Waals surface area contributed by atoms with Crippen molar-refractivity contribution in [3.05, 3.63) is 70.6 Å². The van der Waals surface area contributed by atoms with E-state index in [4.69, 9.17) is 21.1 Å². The second-order valence-electron chi connectivity index (χ2n) is 10.0. The molecule has 39 heavy (non-hydrogen) atoms. The molecule has 1 amide bonds. The van der Waals surface area contributed by atoms with Gasteiger partial charge < -0.3 is 14.8 Å². The maximum absolute atomic E-state index is 12.6. The number of carbonyl (C=O) groups excluding carboxylic acids is 1. The average molecular weight is 562 g/mol. The minimum absolute atomic E-state index is 0.172. The number of nitrogens with one attached hydrogen (secondary N) is 1. The number of halogens is 1. The number of fused-ring (bicyclic) bond motifs is 1. The van der Waals surface area contributed by atoms with Crippen LogP contribution in [-0.4, -0.2) is 44.1 Å². The summed E-state index contributed by atoms with van der Waals surface area (Å²) < 4.78 is 12.3. The molecule has 3 aromatic heterocycles. The SMILES string of the molecule is CC(C)(C)OC(=O)N1CCC[C@@H]1C#Cc1cc2ncnc(Nc3ccc(OCc4ccccn4)c(Cl)c3)c2s1. The van der Waals surface area contributed by atoms with Crippen molar-refractivity contribution < 1.29 is 14.3 Å². The number of benzene rings is 1. The predicted molar refractivity (Wildman–Crippen MR) is 154 cm³/mol. The number of likely N-dealkylation sites (tertiary alicyclic amines) is 1. The van der Waals surface area contributed by atoms with E-state index in [9.17, 15) is 4.79 Å². The summed E-state index contributed by atoms with van der Waals surface area (Å²) in [4.78, 5) is 28.2. The lowest BCUT2D eigenvalue weighted by molar-refractivity contribution is 0.0261. The standard InChI is InChI=1S/C29H28ClN5O3S/c1-29(2,3)38-28(36)35-14-6-8-21(35)10-11-22-16-24-26(39-22)27(33-18-32-24)34-19-9-12-25(23(30)15-19)37-17-20-7-4-5-13-31-20/h4-5,7,9,12-13,15-16,18,21H,6,8,14,17H2,1-3H3,(H,32,33,34)/t21-/m1/s1. The smallest absolute Gasteiger partial charge is 0.411 e. The van der Waals surface area contributed by atoms with Crippen LogP contribution in [0.4, 0.5) is 16.3 Å². The van der Waals surface area contributed by atoms with Gasteiger partial charge in [-0.05, 0) is 70.0 Å². The summed E-state index contributed by atoms with van der Waals surface area (Å²) in [6.07, 6.45) is 4.65. The van der Waals surface area contributed by atoms with Crippen molar-refractivity contribution in [3.8, 4) is 17.6 Å². The van der Waals surface area contributed by atoms with Crippen molar-refractivity contribution in [2.24, 2.45) is 0 Å². The van der Waals surface area contributed by atoms with Gasteiger partial charge in [0.25, 0.3) is 0 Å². The van der Waals surface area contributed by atoms with Crippen LogP contribution in [0.1, 0.15) is 44.2 Å². The van der Waals surface area contributed by atoms with E-state index in [1.807, 2.05) is 57.2 Å². The first-order chi connectivity index (χ1) is 18.7. The molecular weight excluding hydrogens is 534 g/mol. The molecule has 4 heterocycles. The van der Waals surface area contributed by atoms with Gasteiger partial charge in [-0.15, -0.1) is 11.3 Å². The highest BCUT2D eigenvalue weighted by molar-refractivity contribution is 7.20. The number of amides is 1. The van der Waals surface area contributed by atoms with Gasteiger partial charge in [0.2, 0.25) is 0 Å². The minimum atomic E-state index is -0.539. The number of carbonyl (C=O) groups is 1. The number of thiophene rings is 1. The van der Waals surface area contributed by atoms with Crippen molar-refractivity contribution in [1.29, 1.82) is 0 Å². The summed E-state index contributed by atoms with van der Waals surface area (Å²) in [5.41, 5.74) is 1.84. The lowest BCUT2D eigenvalue weighted by Crippen LogP contribution is -2.39. The van der Waals surface area contributed by atoms with Gasteiger partial charge in [0.15, 0.2) is 5.82 Å². The van der Waals surface area contributed by atoms with Gasteiger partial charge in [-0.25, -0.2) is 14.8 Å². The van der Waals surface area contributed by atoms with Crippen LogP contribution in [0.3, 0.4) is 0 Å². The topological polar surface area (TPSA) is 89.5 Å². The molecule has 1 fully saturated rings. The van der Waals surface area contributed by atoms with Gasteiger partial charge in [0.1, 0.15) is 24.3 Å². The van der Waals surface area contributed by atoms with Gasteiger partial charge in [0, 0.05) is 18.4 Å². The molecule has 0 unspecified atom stereocenters. The van der Waals surface area contributed by atoms with Crippen LogP contribution in [0.15, 0.2) is 55.0 Å². The van der Waals surface area contributed by atoms with Crippen LogP contribution in [0.2, 0.25) is 5.02 Å². The highest BCUT2D eigenvalue weighted by atomic mass is 35.5. The number of hydrogen-bond acceptors (Lipinski definition) is 8. The number of ether oxygens (including phenoxy) is 2. The Bertz CT molecular complexity index is 1540. The Morgan fingerprint density at radius 1 is 1.21 bits per heavy atom. The maximum atomic E-state index is 12.6. The lowest BCUT2D eigenvalue weighted by atomic mass is 10.2. The Balaban J connectivity index is 1.29. The van der Waals surface area contributed by atoms with E-state index in [1.165, 1.54) is 17.7 Å². The van der Waals surface area contributed by atoms with E-state index in [0.717, 1.165) is 39.3 Å². The highest BCUT2D eigenvalue weighted by Crippen LogP contribution is 2.33. The summed E-state index contributed by atoms with van der Waals surface area (Å²) >= 11 is 7.99. The van der Waals surface area contributed by atoms with E-state index in [1.54, 1.807) is 17.2 Å². The van der Waals surface area contributed by atoms with Crippen molar-refractivity contribution in [2.45, 2.75) is 51.9 Å². The van der Waals surface area contributed by atoms with Crippen LogP contribution < -0.4 is 10.1 Å². The number of pyridine rings is 1. The molecule has 1 aliphatic rings. The van der Waals surface area contributed by atoms with Crippen molar-refractivity contribution in [2.75, 3.05) is 11.9 Å². The Kier molecular flexibility index (Phi) is 7.87. The third-order valence-corrected chi connectivity index (χ3v) is 7.19. The number of aromatic nitrogens is 3. The summed E-state index contributed by atoms with van der Waals surface area (Å²) in [7, 11) is 0. The van der Waals surface area contributed by atoms with Crippen LogP contribution in [0, 0.1) is 11.8 Å². The first kappa shape index (κ1) is 26.7. The molecule has 1 aromatic carbocycles. The molecular formula is C29H28ClN5O3S. The molecule has 1 aliphatic heterocycles. The third kappa shape index (κ3) is 6.77. The van der Waals surface area contributed by atoms with Gasteiger partial charge in [-0.3, -0.25) is 9.88 Å². The lowest BCUT2D eigenvalue weighted by Gasteiger charge is -2.26. The molecule has 1 saturated heterocycles. The van der Waals surface area contributed by atoms with E-state index >= 15 is 0 Å². The van der Waals surface area contributed by atoms with Crippen LogP contribution in [-0.2, 0) is 11.3 Å². The third-order valence-electron chi connectivity index (χ3n) is 5.85. The van der Waals surface area contributed by atoms with Crippen LogP contribution >= 0.6 is 22.9 Å². The summed E-state index contributed by atoms with van der Waals surface area (Å²) in [6.45, 7) is 6.58. The fourth-order valence-electron chi connectivity index (χ4n) is 4.08. The van der Waals surface area contributed by atoms with E-state index in [-0.39, 0.29) is 12.1 Å². The average Bonchev–Trinajstić information content (AvgIpc) is 3.54. The Morgan fingerprint density at radius 2 is 2.08 bits per heavy atom. The zero-order chi connectivity index (χ0) is 27.4. The minimum Gasteiger partial charge on any atom is -0.486 e. The molecule has 0 spiro atoms. The molecule has 10 heteroatoms. The second-order valence-corrected chi connectivity index (χ2v) is 11.5. The Labute approximate surface area is 236 Å². The molecule has 8 nitrogen and oxygen atoms in total. The van der Waals surface area contributed by atoms with Gasteiger partial charge in [0.05, 0.1) is 31.9 Å². The highest BCUT2D eigenvalue weighted by Gasteiger charge is 2.31. The number of nitrogens with zero attached hydrogens (tertiary/aromatic N) is 4. The predicted octanol–water partition coefficient (Wildman–Crippen LogP) is 6.81. The first-order valence-corrected chi connectivity index (χ1v) is 13.8. The fraction of sp³-hybridized carbons (Fsp3) is 0.310. The molecule has 200 valence electrons. The number of rotatable bonds is 5.